The first-order chi connectivity index (χ1) is 8.58. The third-order valence-electron chi connectivity index (χ3n) is 2.93. The Morgan fingerprint density at radius 3 is 2.83 bits per heavy atom. The third-order valence-corrected chi connectivity index (χ3v) is 4.10. The van der Waals surface area contributed by atoms with E-state index in [1.54, 1.807) is 0 Å². The summed E-state index contributed by atoms with van der Waals surface area (Å²) in [7, 11) is 0. The van der Waals surface area contributed by atoms with Crippen LogP contribution in [0.2, 0.25) is 0 Å². The van der Waals surface area contributed by atoms with Gasteiger partial charge in [0.2, 0.25) is 0 Å². The van der Waals surface area contributed by atoms with Crippen LogP contribution >= 0.6 is 22.6 Å². The fraction of sp³-hybridized carbons (Fsp3) is 0.357. The second kappa shape index (κ2) is 5.73. The van der Waals surface area contributed by atoms with E-state index < -0.39 is 0 Å². The Morgan fingerprint density at radius 2 is 2.17 bits per heavy atom. The normalized spacial score (nSPS) is 10.9. The summed E-state index contributed by atoms with van der Waals surface area (Å²) in [5.41, 5.74) is 3.70. The standard InChI is InChI=1S/C14H18IN3/c1-10(2)18-9-12(8-17-18)7-16-14-6-4-5-13(15)11(14)3/h4-6,8-10,16H,7H2,1-3H3. The number of aromatic nitrogens is 2. The van der Waals surface area contributed by atoms with Crippen LogP contribution in [0.3, 0.4) is 0 Å². The molecule has 0 saturated heterocycles. The van der Waals surface area contributed by atoms with E-state index in [2.05, 4.69) is 78.2 Å². The molecule has 0 atom stereocenters. The monoisotopic (exact) mass is 355 g/mol. The number of anilines is 1. The first kappa shape index (κ1) is 13.4. The second-order valence-electron chi connectivity index (χ2n) is 4.69. The van der Waals surface area contributed by atoms with Crippen molar-refractivity contribution in [1.82, 2.24) is 9.78 Å². The Bertz CT molecular complexity index is 532. The van der Waals surface area contributed by atoms with Gasteiger partial charge in [-0.1, -0.05) is 6.07 Å². The highest BCUT2D eigenvalue weighted by Crippen LogP contribution is 2.21. The molecule has 0 aliphatic carbocycles. The zero-order valence-electron chi connectivity index (χ0n) is 10.9. The van der Waals surface area contributed by atoms with Crippen molar-refractivity contribution >= 4 is 28.3 Å². The lowest BCUT2D eigenvalue weighted by Gasteiger charge is -2.09. The molecule has 0 aliphatic rings. The third kappa shape index (κ3) is 3.04. The molecule has 2 rings (SSSR count). The van der Waals surface area contributed by atoms with Crippen LogP contribution < -0.4 is 5.32 Å². The summed E-state index contributed by atoms with van der Waals surface area (Å²) in [6.45, 7) is 7.22. The van der Waals surface area contributed by atoms with Gasteiger partial charge in [0, 0.05) is 33.6 Å². The van der Waals surface area contributed by atoms with Crippen molar-refractivity contribution in [2.75, 3.05) is 5.32 Å². The summed E-state index contributed by atoms with van der Waals surface area (Å²) in [5.74, 6) is 0. The maximum Gasteiger partial charge on any atom is 0.0539 e. The molecule has 96 valence electrons. The van der Waals surface area contributed by atoms with E-state index in [0.29, 0.717) is 6.04 Å². The van der Waals surface area contributed by atoms with Crippen LogP contribution in [0.15, 0.2) is 30.6 Å². The summed E-state index contributed by atoms with van der Waals surface area (Å²) in [6.07, 6.45) is 4.02. The topological polar surface area (TPSA) is 29.9 Å². The first-order valence-electron chi connectivity index (χ1n) is 6.10. The lowest BCUT2D eigenvalue weighted by Crippen LogP contribution is -2.02. The van der Waals surface area contributed by atoms with E-state index in [4.69, 9.17) is 0 Å². The average Bonchev–Trinajstić information content (AvgIpc) is 2.80. The van der Waals surface area contributed by atoms with Crippen molar-refractivity contribution in [2.45, 2.75) is 33.4 Å². The predicted octanol–water partition coefficient (Wildman–Crippen LogP) is 3.99. The number of hydrogen-bond acceptors (Lipinski definition) is 2. The Balaban J connectivity index is 2.04. The molecule has 1 heterocycles. The zero-order valence-corrected chi connectivity index (χ0v) is 13.1. The van der Waals surface area contributed by atoms with Gasteiger partial charge in [-0.2, -0.15) is 5.10 Å². The highest BCUT2D eigenvalue weighted by molar-refractivity contribution is 14.1. The summed E-state index contributed by atoms with van der Waals surface area (Å²) in [4.78, 5) is 0. The molecule has 0 bridgehead atoms. The molecular weight excluding hydrogens is 337 g/mol. The minimum atomic E-state index is 0.415. The van der Waals surface area contributed by atoms with Crippen LogP contribution in [0, 0.1) is 10.5 Å². The van der Waals surface area contributed by atoms with Crippen LogP contribution in [0.25, 0.3) is 0 Å². The molecular formula is C14H18IN3. The van der Waals surface area contributed by atoms with Crippen molar-refractivity contribution in [1.29, 1.82) is 0 Å². The molecule has 0 saturated carbocycles. The van der Waals surface area contributed by atoms with Gasteiger partial charge < -0.3 is 5.32 Å². The number of halogens is 1. The highest BCUT2D eigenvalue weighted by Gasteiger charge is 2.04. The Morgan fingerprint density at radius 1 is 1.39 bits per heavy atom. The Labute approximate surface area is 122 Å². The fourth-order valence-corrected chi connectivity index (χ4v) is 2.25. The summed E-state index contributed by atoms with van der Waals surface area (Å²) >= 11 is 2.36. The number of rotatable bonds is 4. The molecule has 1 aromatic heterocycles. The number of nitrogens with zero attached hydrogens (tertiary/aromatic N) is 2. The van der Waals surface area contributed by atoms with Crippen molar-refractivity contribution in [3.8, 4) is 0 Å². The molecule has 0 unspecified atom stereocenters. The van der Waals surface area contributed by atoms with Crippen molar-refractivity contribution in [2.24, 2.45) is 0 Å². The lowest BCUT2D eigenvalue weighted by molar-refractivity contribution is 0.532. The summed E-state index contributed by atoms with van der Waals surface area (Å²) < 4.78 is 3.27. The highest BCUT2D eigenvalue weighted by atomic mass is 127. The van der Waals surface area contributed by atoms with Gasteiger partial charge in [0.05, 0.1) is 6.20 Å². The van der Waals surface area contributed by atoms with Crippen LogP contribution in [-0.2, 0) is 6.54 Å². The second-order valence-corrected chi connectivity index (χ2v) is 5.85. The fourth-order valence-electron chi connectivity index (χ4n) is 1.75. The lowest BCUT2D eigenvalue weighted by atomic mass is 10.2. The summed E-state index contributed by atoms with van der Waals surface area (Å²) in [6, 6.07) is 6.73. The molecule has 0 spiro atoms. The van der Waals surface area contributed by atoms with Gasteiger partial charge in [-0.25, -0.2) is 0 Å². The minimum Gasteiger partial charge on any atom is -0.381 e. The maximum absolute atomic E-state index is 4.34. The van der Waals surface area contributed by atoms with Crippen LogP contribution in [-0.4, -0.2) is 9.78 Å². The molecule has 4 heteroatoms. The zero-order chi connectivity index (χ0) is 13.1. The van der Waals surface area contributed by atoms with E-state index in [-0.39, 0.29) is 0 Å². The van der Waals surface area contributed by atoms with Crippen molar-refractivity contribution in [3.05, 3.63) is 45.3 Å². The van der Waals surface area contributed by atoms with Gasteiger partial charge in [0.1, 0.15) is 0 Å². The van der Waals surface area contributed by atoms with E-state index in [1.807, 2.05) is 10.9 Å². The Hall–Kier alpha value is -1.04. The molecule has 0 fully saturated rings. The van der Waals surface area contributed by atoms with E-state index in [0.717, 1.165) is 6.54 Å². The SMILES string of the molecule is Cc1c(I)cccc1NCc1cnn(C(C)C)c1. The van der Waals surface area contributed by atoms with Crippen molar-refractivity contribution < 1.29 is 0 Å². The molecule has 1 aromatic carbocycles. The van der Waals surface area contributed by atoms with Gasteiger partial charge in [-0.05, 0) is 61.1 Å². The number of hydrogen-bond donors (Lipinski definition) is 1. The molecule has 2 aromatic rings. The smallest absolute Gasteiger partial charge is 0.0539 e. The number of nitrogens with one attached hydrogen (secondary N) is 1. The van der Waals surface area contributed by atoms with Gasteiger partial charge >= 0.3 is 0 Å². The molecule has 3 nitrogen and oxygen atoms in total. The number of benzene rings is 1. The van der Waals surface area contributed by atoms with E-state index in [1.165, 1.54) is 20.4 Å². The maximum atomic E-state index is 4.34. The van der Waals surface area contributed by atoms with Crippen molar-refractivity contribution in [3.63, 3.8) is 0 Å². The van der Waals surface area contributed by atoms with E-state index in [9.17, 15) is 0 Å². The van der Waals surface area contributed by atoms with Gasteiger partial charge in [-0.3, -0.25) is 4.68 Å². The molecule has 1 N–H and O–H groups in total. The van der Waals surface area contributed by atoms with Gasteiger partial charge in [0.15, 0.2) is 0 Å². The molecule has 0 radical (unpaired) electrons. The molecule has 18 heavy (non-hydrogen) atoms. The summed E-state index contributed by atoms with van der Waals surface area (Å²) in [5, 5.41) is 7.81. The van der Waals surface area contributed by atoms with Crippen LogP contribution in [0.5, 0.6) is 0 Å². The Kier molecular flexibility index (Phi) is 4.27. The van der Waals surface area contributed by atoms with Gasteiger partial charge in [-0.15, -0.1) is 0 Å². The molecule has 0 amide bonds. The van der Waals surface area contributed by atoms with Crippen LogP contribution in [0.4, 0.5) is 5.69 Å². The minimum absolute atomic E-state index is 0.415. The average molecular weight is 355 g/mol. The van der Waals surface area contributed by atoms with Gasteiger partial charge in [0.25, 0.3) is 0 Å². The quantitative estimate of drug-likeness (QED) is 0.841. The largest absolute Gasteiger partial charge is 0.381 e. The van der Waals surface area contributed by atoms with Crippen LogP contribution in [0.1, 0.15) is 31.0 Å². The predicted molar refractivity (Wildman–Crippen MR) is 83.8 cm³/mol. The first-order valence-corrected chi connectivity index (χ1v) is 7.18. The molecule has 0 aliphatic heterocycles. The van der Waals surface area contributed by atoms with E-state index >= 15 is 0 Å².